The van der Waals surface area contributed by atoms with Crippen LogP contribution in [0.5, 0.6) is 0 Å². The predicted octanol–water partition coefficient (Wildman–Crippen LogP) is 0.233. The molecule has 0 radical (unpaired) electrons. The molecule has 0 unspecified atom stereocenters. The Hall–Kier alpha value is -2.45. The summed E-state index contributed by atoms with van der Waals surface area (Å²) >= 11 is 0. The third kappa shape index (κ3) is 3.11. The Balaban J connectivity index is 1.61. The third-order valence-electron chi connectivity index (χ3n) is 6.26. The van der Waals surface area contributed by atoms with E-state index in [1.165, 1.54) is 4.90 Å². The van der Waals surface area contributed by atoms with Gasteiger partial charge < -0.3 is 24.8 Å². The van der Waals surface area contributed by atoms with E-state index in [0.717, 1.165) is 5.56 Å². The van der Waals surface area contributed by atoms with Crippen LogP contribution in [0.15, 0.2) is 30.3 Å². The predicted molar refractivity (Wildman–Crippen MR) is 101 cm³/mol. The van der Waals surface area contributed by atoms with Gasteiger partial charge in [-0.3, -0.25) is 14.4 Å². The minimum atomic E-state index is -1.05. The van der Waals surface area contributed by atoms with E-state index in [-0.39, 0.29) is 31.6 Å². The Morgan fingerprint density at radius 2 is 2.10 bits per heavy atom. The molecule has 2 N–H and O–H groups in total. The molecule has 1 spiro atoms. The maximum Gasteiger partial charge on any atom is 0.312 e. The molecule has 3 aliphatic rings. The fourth-order valence-electron chi connectivity index (χ4n) is 5.19. The van der Waals surface area contributed by atoms with Crippen molar-refractivity contribution in [2.45, 2.75) is 44.1 Å². The molecule has 3 heterocycles. The van der Waals surface area contributed by atoms with E-state index in [2.05, 4.69) is 5.32 Å². The molecule has 29 heavy (non-hydrogen) atoms. The molecule has 5 atom stereocenters. The van der Waals surface area contributed by atoms with Gasteiger partial charge >= 0.3 is 5.97 Å². The zero-order chi connectivity index (χ0) is 20.6. The first kappa shape index (κ1) is 19.8. The Morgan fingerprint density at radius 1 is 1.34 bits per heavy atom. The standard InChI is InChI=1S/C21H26N2O6/c1-2-28-20(27)15-14-8-9-21(29-14)16(15)19(26)23(10-11-24)17(21)18(25)22-12-13-6-4-3-5-7-13/h3-7,14-17,24H,2,8-12H2,1H3,(H,22,25)/t14-,15+,16+,17-,21+/m0/s1. The van der Waals surface area contributed by atoms with Gasteiger partial charge in [0.2, 0.25) is 11.8 Å². The third-order valence-corrected chi connectivity index (χ3v) is 6.26. The highest BCUT2D eigenvalue weighted by Crippen LogP contribution is 2.58. The lowest BCUT2D eigenvalue weighted by molar-refractivity contribution is -0.154. The van der Waals surface area contributed by atoms with Crippen LogP contribution >= 0.6 is 0 Å². The van der Waals surface area contributed by atoms with Crippen LogP contribution in [0.1, 0.15) is 25.3 Å². The van der Waals surface area contributed by atoms with Crippen LogP contribution in [0.3, 0.4) is 0 Å². The van der Waals surface area contributed by atoms with E-state index >= 15 is 0 Å². The van der Waals surface area contributed by atoms with Crippen LogP contribution in [0.4, 0.5) is 0 Å². The Kier molecular flexibility index (Phi) is 5.31. The smallest absolute Gasteiger partial charge is 0.312 e. The first-order valence-corrected chi connectivity index (χ1v) is 10.1. The van der Waals surface area contributed by atoms with Crippen molar-refractivity contribution in [3.8, 4) is 0 Å². The summed E-state index contributed by atoms with van der Waals surface area (Å²) in [7, 11) is 0. The molecule has 4 rings (SSSR count). The second-order valence-electron chi connectivity index (χ2n) is 7.77. The monoisotopic (exact) mass is 402 g/mol. The average Bonchev–Trinajstić information content (AvgIpc) is 3.35. The van der Waals surface area contributed by atoms with Gasteiger partial charge in [-0.25, -0.2) is 0 Å². The zero-order valence-corrected chi connectivity index (χ0v) is 16.4. The molecule has 1 aromatic carbocycles. The number of rotatable bonds is 7. The Labute approximate surface area is 169 Å². The normalized spacial score (nSPS) is 32.3. The topological polar surface area (TPSA) is 105 Å². The molecule has 3 saturated heterocycles. The van der Waals surface area contributed by atoms with Crippen LogP contribution in [0, 0.1) is 11.8 Å². The molecule has 0 aliphatic carbocycles. The summed E-state index contributed by atoms with van der Waals surface area (Å²) in [6, 6.07) is 8.61. The number of aliphatic hydroxyl groups excluding tert-OH is 1. The molecular formula is C21H26N2O6. The quantitative estimate of drug-likeness (QED) is 0.633. The van der Waals surface area contributed by atoms with Gasteiger partial charge in [-0.1, -0.05) is 30.3 Å². The van der Waals surface area contributed by atoms with E-state index in [9.17, 15) is 19.5 Å². The van der Waals surface area contributed by atoms with E-state index in [1.54, 1.807) is 6.92 Å². The fourth-order valence-corrected chi connectivity index (χ4v) is 5.19. The van der Waals surface area contributed by atoms with E-state index in [4.69, 9.17) is 9.47 Å². The number of carbonyl (C=O) groups is 3. The van der Waals surface area contributed by atoms with E-state index < -0.39 is 35.6 Å². The van der Waals surface area contributed by atoms with Crippen LogP contribution in [-0.2, 0) is 30.4 Å². The molecule has 0 aromatic heterocycles. The SMILES string of the molecule is CCOC(=O)[C@@H]1[C@@H]2CC[C@]3(O2)[C@H](C(=O)NCc2ccccc2)N(CCO)C(=O)[C@@H]13. The molecule has 156 valence electrons. The number of hydrogen-bond donors (Lipinski definition) is 2. The van der Waals surface area contributed by atoms with Crippen molar-refractivity contribution in [2.24, 2.45) is 11.8 Å². The lowest BCUT2D eigenvalue weighted by Gasteiger charge is -2.33. The summed E-state index contributed by atoms with van der Waals surface area (Å²) < 4.78 is 11.4. The molecule has 8 heteroatoms. The van der Waals surface area contributed by atoms with Crippen LogP contribution in [0.2, 0.25) is 0 Å². The second kappa shape index (κ2) is 7.76. The first-order chi connectivity index (χ1) is 14.0. The van der Waals surface area contributed by atoms with E-state index in [0.29, 0.717) is 19.4 Å². The first-order valence-electron chi connectivity index (χ1n) is 10.1. The number of ether oxygens (including phenoxy) is 2. The number of nitrogens with one attached hydrogen (secondary N) is 1. The highest BCUT2D eigenvalue weighted by Gasteiger charge is 2.74. The van der Waals surface area contributed by atoms with Crippen molar-refractivity contribution >= 4 is 17.8 Å². The van der Waals surface area contributed by atoms with Gasteiger partial charge in [-0.2, -0.15) is 0 Å². The van der Waals surface area contributed by atoms with Crippen molar-refractivity contribution in [3.63, 3.8) is 0 Å². The zero-order valence-electron chi connectivity index (χ0n) is 16.4. The van der Waals surface area contributed by atoms with Gasteiger partial charge in [0, 0.05) is 13.1 Å². The summed E-state index contributed by atoms with van der Waals surface area (Å²) in [4.78, 5) is 40.3. The van der Waals surface area contributed by atoms with Crippen molar-refractivity contribution < 1.29 is 29.0 Å². The van der Waals surface area contributed by atoms with Gasteiger partial charge in [-0.15, -0.1) is 0 Å². The van der Waals surface area contributed by atoms with Crippen LogP contribution < -0.4 is 5.32 Å². The van der Waals surface area contributed by atoms with Gasteiger partial charge in [0.15, 0.2) is 0 Å². The second-order valence-corrected chi connectivity index (χ2v) is 7.77. The van der Waals surface area contributed by atoms with Gasteiger partial charge in [0.25, 0.3) is 0 Å². The van der Waals surface area contributed by atoms with Gasteiger partial charge in [0.1, 0.15) is 11.6 Å². The van der Waals surface area contributed by atoms with Crippen LogP contribution in [-0.4, -0.2) is 65.3 Å². The molecule has 3 fully saturated rings. The number of aliphatic hydroxyl groups is 1. The number of hydrogen-bond acceptors (Lipinski definition) is 6. The van der Waals surface area contributed by atoms with Crippen LogP contribution in [0.25, 0.3) is 0 Å². The molecule has 2 amide bonds. The lowest BCUT2D eigenvalue weighted by Crippen LogP contribution is -2.55. The number of carbonyl (C=O) groups excluding carboxylic acids is 3. The number of fused-ring (bicyclic) bond motifs is 1. The summed E-state index contributed by atoms with van der Waals surface area (Å²) in [5.41, 5.74) is -0.108. The molecule has 2 bridgehead atoms. The molecular weight excluding hydrogens is 376 g/mol. The van der Waals surface area contributed by atoms with Crippen molar-refractivity contribution in [1.29, 1.82) is 0 Å². The summed E-state index contributed by atoms with van der Waals surface area (Å²) in [5, 5.41) is 12.4. The maximum atomic E-state index is 13.2. The summed E-state index contributed by atoms with van der Waals surface area (Å²) in [5.74, 6) is -2.56. The number of β-amino-alcohol motifs (C(OH)–C–C–N with tert-alkyl or cyclic N) is 1. The fraction of sp³-hybridized carbons (Fsp3) is 0.571. The minimum absolute atomic E-state index is 0.0179. The largest absolute Gasteiger partial charge is 0.466 e. The number of benzene rings is 1. The van der Waals surface area contributed by atoms with Gasteiger partial charge in [0.05, 0.1) is 31.2 Å². The number of esters is 1. The highest BCUT2D eigenvalue weighted by molar-refractivity contribution is 5.98. The molecule has 1 aromatic rings. The number of amides is 2. The molecule has 0 saturated carbocycles. The van der Waals surface area contributed by atoms with E-state index in [1.807, 2.05) is 30.3 Å². The van der Waals surface area contributed by atoms with Crippen molar-refractivity contribution in [3.05, 3.63) is 35.9 Å². The average molecular weight is 402 g/mol. The van der Waals surface area contributed by atoms with Crippen molar-refractivity contribution in [2.75, 3.05) is 19.8 Å². The number of nitrogens with zero attached hydrogens (tertiary/aromatic N) is 1. The summed E-state index contributed by atoms with van der Waals surface area (Å²) in [6.45, 7) is 2.00. The maximum absolute atomic E-state index is 13.2. The summed E-state index contributed by atoms with van der Waals surface area (Å²) in [6.07, 6.45) is 0.710. The minimum Gasteiger partial charge on any atom is -0.466 e. The Bertz CT molecular complexity index is 800. The lowest BCUT2D eigenvalue weighted by atomic mass is 9.71. The Morgan fingerprint density at radius 3 is 2.79 bits per heavy atom. The van der Waals surface area contributed by atoms with Crippen molar-refractivity contribution in [1.82, 2.24) is 10.2 Å². The molecule has 3 aliphatic heterocycles. The molecule has 8 nitrogen and oxygen atoms in total. The highest BCUT2D eigenvalue weighted by atomic mass is 16.6. The van der Waals surface area contributed by atoms with Gasteiger partial charge in [-0.05, 0) is 25.3 Å². The number of likely N-dealkylation sites (tertiary alicyclic amines) is 1.